The van der Waals surface area contributed by atoms with E-state index in [1.807, 2.05) is 0 Å². The van der Waals surface area contributed by atoms with E-state index in [2.05, 4.69) is 5.32 Å². The first-order valence-corrected chi connectivity index (χ1v) is 6.47. The van der Waals surface area contributed by atoms with E-state index in [9.17, 15) is 9.90 Å². The first kappa shape index (κ1) is 12.7. The number of carbonyl (C=O) groups excluding carboxylic acids is 1. The van der Waals surface area contributed by atoms with Crippen molar-refractivity contribution in [3.63, 3.8) is 0 Å². The quantitative estimate of drug-likeness (QED) is 0.864. The lowest BCUT2D eigenvalue weighted by Crippen LogP contribution is -2.39. The number of urea groups is 1. The van der Waals surface area contributed by atoms with Crippen LogP contribution in [0.2, 0.25) is 0 Å². The molecule has 2 amide bonds. The molecule has 0 saturated heterocycles. The molecule has 0 aliphatic heterocycles. The van der Waals surface area contributed by atoms with E-state index in [4.69, 9.17) is 0 Å². The molecule has 98 valence electrons. The van der Waals surface area contributed by atoms with Gasteiger partial charge in [-0.1, -0.05) is 12.8 Å². The van der Waals surface area contributed by atoms with E-state index in [0.29, 0.717) is 5.92 Å². The largest absolute Gasteiger partial charge is 0.508 e. The van der Waals surface area contributed by atoms with Crippen molar-refractivity contribution >= 4 is 11.7 Å². The Morgan fingerprint density at radius 3 is 2.56 bits per heavy atom. The highest BCUT2D eigenvalue weighted by Crippen LogP contribution is 2.24. The van der Waals surface area contributed by atoms with E-state index in [0.717, 1.165) is 12.2 Å². The predicted molar refractivity (Wildman–Crippen MR) is 71.9 cm³/mol. The number of anilines is 1. The Balaban J connectivity index is 1.85. The van der Waals surface area contributed by atoms with Gasteiger partial charge in [-0.25, -0.2) is 4.79 Å². The van der Waals surface area contributed by atoms with Crippen LogP contribution in [0.3, 0.4) is 0 Å². The van der Waals surface area contributed by atoms with Gasteiger partial charge in [0.15, 0.2) is 0 Å². The van der Waals surface area contributed by atoms with E-state index in [1.165, 1.54) is 25.7 Å². The van der Waals surface area contributed by atoms with Crippen molar-refractivity contribution in [2.75, 3.05) is 18.5 Å². The molecule has 2 N–H and O–H groups in total. The zero-order chi connectivity index (χ0) is 13.0. The summed E-state index contributed by atoms with van der Waals surface area (Å²) in [5.41, 5.74) is 0.775. The van der Waals surface area contributed by atoms with Crippen LogP contribution >= 0.6 is 0 Å². The third-order valence-electron chi connectivity index (χ3n) is 3.56. The maximum atomic E-state index is 11.9. The van der Waals surface area contributed by atoms with Crippen LogP contribution in [0.15, 0.2) is 24.3 Å². The van der Waals surface area contributed by atoms with Crippen molar-refractivity contribution < 1.29 is 9.90 Å². The number of hydrogen-bond donors (Lipinski definition) is 2. The van der Waals surface area contributed by atoms with Gasteiger partial charge in [0, 0.05) is 19.3 Å². The third kappa shape index (κ3) is 3.15. The summed E-state index contributed by atoms with van der Waals surface area (Å²) in [7, 11) is 1.73. The second-order valence-corrected chi connectivity index (χ2v) is 4.91. The van der Waals surface area contributed by atoms with Gasteiger partial charge in [-0.15, -0.1) is 0 Å². The predicted octanol–water partition coefficient (Wildman–Crippen LogP) is 2.73. The van der Waals surface area contributed by atoms with Crippen LogP contribution in [0.25, 0.3) is 0 Å². The van der Waals surface area contributed by atoms with Crippen LogP contribution < -0.4 is 10.2 Å². The first-order chi connectivity index (χ1) is 8.66. The molecule has 1 aromatic carbocycles. The van der Waals surface area contributed by atoms with Gasteiger partial charge in [-0.05, 0) is 43.0 Å². The average Bonchev–Trinajstić information content (AvgIpc) is 2.89. The molecule has 0 heterocycles. The molecular weight excluding hydrogens is 228 g/mol. The molecule has 0 radical (unpaired) electrons. The van der Waals surface area contributed by atoms with Crippen molar-refractivity contribution in [3.05, 3.63) is 24.3 Å². The van der Waals surface area contributed by atoms with E-state index in [1.54, 1.807) is 36.2 Å². The van der Waals surface area contributed by atoms with Gasteiger partial charge in [-0.3, -0.25) is 4.90 Å². The van der Waals surface area contributed by atoms with Gasteiger partial charge in [-0.2, -0.15) is 0 Å². The lowest BCUT2D eigenvalue weighted by Gasteiger charge is -2.19. The van der Waals surface area contributed by atoms with Crippen molar-refractivity contribution in [1.82, 2.24) is 5.32 Å². The maximum absolute atomic E-state index is 11.9. The van der Waals surface area contributed by atoms with Gasteiger partial charge in [0.25, 0.3) is 0 Å². The number of amides is 2. The number of benzene rings is 1. The molecular formula is C14H20N2O2. The summed E-state index contributed by atoms with van der Waals surface area (Å²) >= 11 is 0. The van der Waals surface area contributed by atoms with E-state index in [-0.39, 0.29) is 11.8 Å². The molecule has 0 aromatic heterocycles. The molecule has 0 bridgehead atoms. The summed E-state index contributed by atoms with van der Waals surface area (Å²) < 4.78 is 0. The normalized spacial score (nSPS) is 15.6. The van der Waals surface area contributed by atoms with E-state index < -0.39 is 0 Å². The molecule has 18 heavy (non-hydrogen) atoms. The Morgan fingerprint density at radius 2 is 1.94 bits per heavy atom. The molecule has 1 aromatic rings. The zero-order valence-corrected chi connectivity index (χ0v) is 10.7. The van der Waals surface area contributed by atoms with Gasteiger partial charge in [0.2, 0.25) is 0 Å². The number of aromatic hydroxyl groups is 1. The summed E-state index contributed by atoms with van der Waals surface area (Å²) in [5, 5.41) is 12.2. The Hall–Kier alpha value is -1.71. The highest BCUT2D eigenvalue weighted by Gasteiger charge is 2.17. The van der Waals surface area contributed by atoms with Crippen molar-refractivity contribution in [3.8, 4) is 5.75 Å². The monoisotopic (exact) mass is 248 g/mol. The minimum atomic E-state index is -0.0902. The maximum Gasteiger partial charge on any atom is 0.321 e. The summed E-state index contributed by atoms with van der Waals surface area (Å²) in [6, 6.07) is 6.52. The Kier molecular flexibility index (Phi) is 4.07. The fourth-order valence-corrected chi connectivity index (χ4v) is 2.36. The molecule has 1 saturated carbocycles. The molecule has 1 aliphatic carbocycles. The summed E-state index contributed by atoms with van der Waals surface area (Å²) in [6.45, 7) is 0.765. The number of phenols is 1. The molecule has 1 aliphatic rings. The zero-order valence-electron chi connectivity index (χ0n) is 10.7. The van der Waals surface area contributed by atoms with Gasteiger partial charge < -0.3 is 10.4 Å². The van der Waals surface area contributed by atoms with Gasteiger partial charge in [0.05, 0.1) is 0 Å². The second kappa shape index (κ2) is 5.76. The standard InChI is InChI=1S/C14H20N2O2/c1-16(12-6-8-13(17)9-7-12)14(18)15-10-11-4-2-3-5-11/h6-9,11,17H,2-5,10H2,1H3,(H,15,18). The number of rotatable bonds is 3. The lowest BCUT2D eigenvalue weighted by molar-refractivity contribution is 0.245. The van der Waals surface area contributed by atoms with Crippen molar-refractivity contribution in [2.24, 2.45) is 5.92 Å². The first-order valence-electron chi connectivity index (χ1n) is 6.47. The fourth-order valence-electron chi connectivity index (χ4n) is 2.36. The van der Waals surface area contributed by atoms with Crippen LogP contribution in [-0.4, -0.2) is 24.7 Å². The number of hydrogen-bond acceptors (Lipinski definition) is 2. The molecule has 0 unspecified atom stereocenters. The highest BCUT2D eigenvalue weighted by atomic mass is 16.3. The minimum absolute atomic E-state index is 0.0902. The minimum Gasteiger partial charge on any atom is -0.508 e. The highest BCUT2D eigenvalue weighted by molar-refractivity contribution is 5.91. The van der Waals surface area contributed by atoms with Crippen LogP contribution in [0.1, 0.15) is 25.7 Å². The Labute approximate surface area is 108 Å². The average molecular weight is 248 g/mol. The number of nitrogens with one attached hydrogen (secondary N) is 1. The van der Waals surface area contributed by atoms with Crippen molar-refractivity contribution in [2.45, 2.75) is 25.7 Å². The molecule has 1 fully saturated rings. The van der Waals surface area contributed by atoms with Gasteiger partial charge in [0.1, 0.15) is 5.75 Å². The molecule has 4 heteroatoms. The lowest BCUT2D eigenvalue weighted by atomic mass is 10.1. The molecule has 4 nitrogen and oxygen atoms in total. The number of carbonyl (C=O) groups is 1. The fraction of sp³-hybridized carbons (Fsp3) is 0.500. The number of phenolic OH excluding ortho intramolecular Hbond substituents is 1. The topological polar surface area (TPSA) is 52.6 Å². The van der Waals surface area contributed by atoms with E-state index >= 15 is 0 Å². The third-order valence-corrected chi connectivity index (χ3v) is 3.56. The number of nitrogens with zero attached hydrogens (tertiary/aromatic N) is 1. The smallest absolute Gasteiger partial charge is 0.321 e. The summed E-state index contributed by atoms with van der Waals surface area (Å²) in [6.07, 6.45) is 5.02. The summed E-state index contributed by atoms with van der Waals surface area (Å²) in [5.74, 6) is 0.848. The summed E-state index contributed by atoms with van der Waals surface area (Å²) in [4.78, 5) is 13.5. The molecule has 2 rings (SSSR count). The van der Waals surface area contributed by atoms with Crippen molar-refractivity contribution in [1.29, 1.82) is 0 Å². The Bertz CT molecular complexity index is 397. The Morgan fingerprint density at radius 1 is 1.33 bits per heavy atom. The van der Waals surface area contributed by atoms with Crippen LogP contribution in [0.4, 0.5) is 10.5 Å². The SMILES string of the molecule is CN(C(=O)NCC1CCCC1)c1ccc(O)cc1. The van der Waals surface area contributed by atoms with Gasteiger partial charge >= 0.3 is 6.03 Å². The second-order valence-electron chi connectivity index (χ2n) is 4.91. The molecule has 0 atom stereocenters. The molecule has 0 spiro atoms. The van der Waals surface area contributed by atoms with Crippen LogP contribution in [0.5, 0.6) is 5.75 Å². The van der Waals surface area contributed by atoms with Crippen LogP contribution in [0, 0.1) is 5.92 Å². The van der Waals surface area contributed by atoms with Crippen LogP contribution in [-0.2, 0) is 0 Å².